The molecule has 56 heavy (non-hydrogen) atoms. The fraction of sp³-hybridized carbons (Fsp3) is 0.208. The Morgan fingerprint density at radius 2 is 0.821 bits per heavy atom. The van der Waals surface area contributed by atoms with Gasteiger partial charge in [0.25, 0.3) is 0 Å². The van der Waals surface area contributed by atoms with E-state index < -0.39 is 0 Å². The quantitative estimate of drug-likeness (QED) is 0.102. The lowest BCUT2D eigenvalue weighted by molar-refractivity contribution is 0.311. The second-order valence-corrected chi connectivity index (χ2v) is 14.7. The van der Waals surface area contributed by atoms with Gasteiger partial charge in [0.1, 0.15) is 23.1 Å². The van der Waals surface area contributed by atoms with Crippen LogP contribution >= 0.6 is 0 Å². The second kappa shape index (κ2) is 16.4. The van der Waals surface area contributed by atoms with Crippen molar-refractivity contribution < 1.29 is 9.47 Å². The molecule has 0 radical (unpaired) electrons. The summed E-state index contributed by atoms with van der Waals surface area (Å²) in [6.07, 6.45) is 3.90. The number of hydrogen-bond acceptors (Lipinski definition) is 6. The van der Waals surface area contributed by atoms with Gasteiger partial charge in [-0.15, -0.1) is 0 Å². The molecule has 2 aromatic heterocycles. The monoisotopic (exact) mass is 740 g/mol. The van der Waals surface area contributed by atoms with Crippen LogP contribution in [0.5, 0.6) is 11.5 Å². The zero-order valence-electron chi connectivity index (χ0n) is 32.5. The molecule has 0 spiro atoms. The fourth-order valence-electron chi connectivity index (χ4n) is 6.92. The third-order valence-electron chi connectivity index (χ3n) is 10.2. The van der Waals surface area contributed by atoms with E-state index in [1.165, 1.54) is 22.5 Å². The maximum atomic E-state index is 6.05. The minimum absolute atomic E-state index is 0.672. The van der Waals surface area contributed by atoms with E-state index in [0.29, 0.717) is 13.2 Å². The summed E-state index contributed by atoms with van der Waals surface area (Å²) in [5.74, 6) is 3.40. The Balaban J connectivity index is 0.857. The minimum Gasteiger partial charge on any atom is -0.494 e. The van der Waals surface area contributed by atoms with E-state index in [-0.39, 0.29) is 0 Å². The molecule has 0 atom stereocenters. The number of nitrogens with one attached hydrogen (secondary N) is 2. The Kier molecular flexibility index (Phi) is 10.7. The summed E-state index contributed by atoms with van der Waals surface area (Å²) in [6.45, 7) is 1.34. The highest BCUT2D eigenvalue weighted by atomic mass is 16.5. The second-order valence-electron chi connectivity index (χ2n) is 14.7. The standard InChI is InChI=1S/C48H48N6O2/c1-53(2)39-19-9-33(10-20-39)7-5-29-55-41-23-13-35(14-24-41)47-49-43-27-17-37(31-45(43)51-47)38-18-28-44-46(32-38)52-48(50-44)36-15-25-42(26-16-36)56-30-6-8-34-11-21-40(22-12-34)54(3)4/h9-28,31-32H,5-8,29-30H2,1-4H3,(H,49,51)(H,50,52). The summed E-state index contributed by atoms with van der Waals surface area (Å²) in [5.41, 5.74) is 13.2. The van der Waals surface area contributed by atoms with Gasteiger partial charge < -0.3 is 29.2 Å². The highest BCUT2D eigenvalue weighted by Crippen LogP contribution is 2.30. The van der Waals surface area contributed by atoms with Gasteiger partial charge in [0.2, 0.25) is 0 Å². The van der Waals surface area contributed by atoms with Gasteiger partial charge in [-0.1, -0.05) is 36.4 Å². The van der Waals surface area contributed by atoms with Crippen LogP contribution in [0.4, 0.5) is 11.4 Å². The van der Waals surface area contributed by atoms with Crippen molar-refractivity contribution in [3.63, 3.8) is 0 Å². The molecule has 8 aromatic rings. The van der Waals surface area contributed by atoms with Crippen LogP contribution in [0.15, 0.2) is 133 Å². The average molecular weight is 741 g/mol. The lowest BCUT2D eigenvalue weighted by Gasteiger charge is -2.12. The molecule has 8 nitrogen and oxygen atoms in total. The fourth-order valence-corrected chi connectivity index (χ4v) is 6.92. The molecular weight excluding hydrogens is 693 g/mol. The van der Waals surface area contributed by atoms with Gasteiger partial charge in [-0.2, -0.15) is 0 Å². The molecule has 0 aliphatic rings. The van der Waals surface area contributed by atoms with Crippen LogP contribution in [-0.4, -0.2) is 61.3 Å². The first-order valence-corrected chi connectivity index (χ1v) is 19.3. The van der Waals surface area contributed by atoms with E-state index in [0.717, 1.165) is 93.2 Å². The Bertz CT molecular complexity index is 2340. The predicted octanol–water partition coefficient (Wildman–Crippen LogP) is 10.6. The number of hydrogen-bond donors (Lipinski definition) is 2. The summed E-state index contributed by atoms with van der Waals surface area (Å²) in [7, 11) is 8.24. The molecule has 8 rings (SSSR count). The molecule has 0 amide bonds. The van der Waals surface area contributed by atoms with E-state index in [1.807, 2.05) is 24.3 Å². The number of H-pyrrole nitrogens is 2. The van der Waals surface area contributed by atoms with Crippen LogP contribution < -0.4 is 19.3 Å². The number of ether oxygens (including phenoxy) is 2. The first-order valence-electron chi connectivity index (χ1n) is 19.3. The smallest absolute Gasteiger partial charge is 0.138 e. The zero-order chi connectivity index (χ0) is 38.4. The molecule has 282 valence electrons. The largest absolute Gasteiger partial charge is 0.494 e. The molecule has 0 saturated heterocycles. The first-order chi connectivity index (χ1) is 27.3. The molecular formula is C48H48N6O2. The Morgan fingerprint density at radius 1 is 0.446 bits per heavy atom. The van der Waals surface area contributed by atoms with Crippen LogP contribution in [0, 0.1) is 0 Å². The lowest BCUT2D eigenvalue weighted by Crippen LogP contribution is -2.08. The van der Waals surface area contributed by atoms with Crippen molar-refractivity contribution in [2.24, 2.45) is 0 Å². The van der Waals surface area contributed by atoms with Gasteiger partial charge in [-0.05, 0) is 145 Å². The van der Waals surface area contributed by atoms with Crippen LogP contribution in [0.25, 0.3) is 56.0 Å². The minimum atomic E-state index is 0.672. The highest BCUT2D eigenvalue weighted by molar-refractivity contribution is 5.88. The maximum absolute atomic E-state index is 6.05. The van der Waals surface area contributed by atoms with Gasteiger partial charge in [-0.25, -0.2) is 9.97 Å². The van der Waals surface area contributed by atoms with Gasteiger partial charge >= 0.3 is 0 Å². The molecule has 8 heteroatoms. The predicted molar refractivity (Wildman–Crippen MR) is 231 cm³/mol. The van der Waals surface area contributed by atoms with E-state index in [2.05, 4.69) is 157 Å². The van der Waals surface area contributed by atoms with Crippen molar-refractivity contribution in [3.05, 3.63) is 145 Å². The number of aryl methyl sites for hydroxylation is 2. The molecule has 0 bridgehead atoms. The summed E-state index contributed by atoms with van der Waals surface area (Å²) in [4.78, 5) is 21.1. The number of fused-ring (bicyclic) bond motifs is 2. The van der Waals surface area contributed by atoms with Crippen molar-refractivity contribution in [1.82, 2.24) is 19.9 Å². The number of nitrogens with zero attached hydrogens (tertiary/aromatic N) is 4. The Hall–Kier alpha value is -6.54. The summed E-state index contributed by atoms with van der Waals surface area (Å²) in [5, 5.41) is 0. The maximum Gasteiger partial charge on any atom is 0.138 e. The van der Waals surface area contributed by atoms with Crippen LogP contribution in [0.3, 0.4) is 0 Å². The van der Waals surface area contributed by atoms with E-state index in [1.54, 1.807) is 0 Å². The van der Waals surface area contributed by atoms with E-state index in [9.17, 15) is 0 Å². The number of aromatic nitrogens is 4. The van der Waals surface area contributed by atoms with Gasteiger partial charge in [0.15, 0.2) is 0 Å². The third-order valence-corrected chi connectivity index (χ3v) is 10.2. The normalized spacial score (nSPS) is 11.3. The van der Waals surface area contributed by atoms with E-state index in [4.69, 9.17) is 19.4 Å². The van der Waals surface area contributed by atoms with Gasteiger partial charge in [-0.3, -0.25) is 0 Å². The SMILES string of the molecule is CN(C)c1ccc(CCCOc2ccc(-c3nc4ccc(-c5ccc6nc(-c7ccc(OCCCc8ccc(N(C)C)cc8)cc7)[nH]c6c5)cc4[nH]3)cc2)cc1. The molecule has 0 fully saturated rings. The molecule has 0 aliphatic carbocycles. The highest BCUT2D eigenvalue weighted by Gasteiger charge is 2.11. The van der Waals surface area contributed by atoms with Crippen molar-refractivity contribution in [2.45, 2.75) is 25.7 Å². The van der Waals surface area contributed by atoms with Crippen LogP contribution in [0.2, 0.25) is 0 Å². The van der Waals surface area contributed by atoms with Crippen LogP contribution in [0.1, 0.15) is 24.0 Å². The van der Waals surface area contributed by atoms with Crippen molar-refractivity contribution in [1.29, 1.82) is 0 Å². The summed E-state index contributed by atoms with van der Waals surface area (Å²) < 4.78 is 12.1. The molecule has 2 N–H and O–H groups in total. The van der Waals surface area contributed by atoms with E-state index >= 15 is 0 Å². The number of imidazole rings is 2. The van der Waals surface area contributed by atoms with Crippen molar-refractivity contribution in [2.75, 3.05) is 51.2 Å². The molecule has 0 saturated carbocycles. The molecule has 0 unspecified atom stereocenters. The van der Waals surface area contributed by atoms with Gasteiger partial charge in [0.05, 0.1) is 35.3 Å². The third kappa shape index (κ3) is 8.55. The number of rotatable bonds is 15. The molecule has 6 aromatic carbocycles. The van der Waals surface area contributed by atoms with Crippen molar-refractivity contribution in [3.8, 4) is 45.4 Å². The average Bonchev–Trinajstić information content (AvgIpc) is 3.86. The molecule has 0 aliphatic heterocycles. The molecule has 2 heterocycles. The van der Waals surface area contributed by atoms with Crippen LogP contribution in [-0.2, 0) is 12.8 Å². The number of anilines is 2. The zero-order valence-corrected chi connectivity index (χ0v) is 32.5. The first kappa shape index (κ1) is 36.4. The number of aromatic amines is 2. The lowest BCUT2D eigenvalue weighted by atomic mass is 10.0. The van der Waals surface area contributed by atoms with Gasteiger partial charge in [0, 0.05) is 50.7 Å². The Labute approximate surface area is 328 Å². The number of benzene rings is 6. The topological polar surface area (TPSA) is 82.3 Å². The van der Waals surface area contributed by atoms with Crippen molar-refractivity contribution >= 4 is 33.4 Å². The Morgan fingerprint density at radius 3 is 1.20 bits per heavy atom. The summed E-state index contributed by atoms with van der Waals surface area (Å²) >= 11 is 0. The summed E-state index contributed by atoms with van der Waals surface area (Å²) in [6, 6.07) is 46.5.